The molecule has 2 aromatic heterocycles. The van der Waals surface area contributed by atoms with Gasteiger partial charge in [0.15, 0.2) is 11.5 Å². The predicted molar refractivity (Wildman–Crippen MR) is 82.9 cm³/mol. The third kappa shape index (κ3) is 2.98. The molecule has 0 N–H and O–H groups in total. The van der Waals surface area contributed by atoms with Crippen LogP contribution in [0.1, 0.15) is 5.69 Å². The summed E-state index contributed by atoms with van der Waals surface area (Å²) < 4.78 is 23.5. The minimum atomic E-state index is 0.486. The third-order valence-corrected chi connectivity index (χ3v) is 3.37. The second kappa shape index (κ2) is 6.43. The number of methoxy groups -OCH3 is 3. The van der Waals surface area contributed by atoms with E-state index in [4.69, 9.17) is 18.6 Å². The van der Waals surface area contributed by atoms with Crippen LogP contribution in [0.25, 0.3) is 11.5 Å². The van der Waals surface area contributed by atoms with Gasteiger partial charge in [0.1, 0.15) is 6.26 Å². The van der Waals surface area contributed by atoms with Gasteiger partial charge >= 0.3 is 0 Å². The van der Waals surface area contributed by atoms with E-state index in [1.165, 1.54) is 0 Å². The maximum atomic E-state index is 5.58. The standard InChI is InChI=1S/C16H17N3O4/c1-20-13-6-11(7-14(21-2)15(13)22-3)16-18-12(9-23-16)8-19-5-4-17-10-19/h4-7,9-10H,8H2,1-3H3. The molecule has 1 aromatic carbocycles. The normalized spacial score (nSPS) is 10.6. The van der Waals surface area contributed by atoms with Crippen molar-refractivity contribution in [2.24, 2.45) is 0 Å². The van der Waals surface area contributed by atoms with E-state index < -0.39 is 0 Å². The lowest BCUT2D eigenvalue weighted by atomic mass is 10.2. The summed E-state index contributed by atoms with van der Waals surface area (Å²) in [5.74, 6) is 2.12. The Balaban J connectivity index is 1.94. The van der Waals surface area contributed by atoms with Crippen LogP contribution in [0.15, 0.2) is 41.5 Å². The number of aromatic nitrogens is 3. The van der Waals surface area contributed by atoms with Crippen LogP contribution < -0.4 is 14.2 Å². The van der Waals surface area contributed by atoms with E-state index in [1.54, 1.807) is 52.2 Å². The summed E-state index contributed by atoms with van der Waals surface area (Å²) in [7, 11) is 4.70. The number of benzene rings is 1. The van der Waals surface area contributed by atoms with Crippen molar-refractivity contribution in [2.75, 3.05) is 21.3 Å². The summed E-state index contributed by atoms with van der Waals surface area (Å²) in [5.41, 5.74) is 1.54. The first-order valence-electron chi connectivity index (χ1n) is 6.95. The zero-order valence-electron chi connectivity index (χ0n) is 13.1. The van der Waals surface area contributed by atoms with Gasteiger partial charge in [-0.15, -0.1) is 0 Å². The smallest absolute Gasteiger partial charge is 0.226 e. The molecule has 7 nitrogen and oxygen atoms in total. The van der Waals surface area contributed by atoms with Crippen LogP contribution in [-0.2, 0) is 6.54 Å². The van der Waals surface area contributed by atoms with Crippen LogP contribution in [-0.4, -0.2) is 35.9 Å². The Kier molecular flexibility index (Phi) is 4.18. The van der Waals surface area contributed by atoms with Crippen molar-refractivity contribution < 1.29 is 18.6 Å². The SMILES string of the molecule is COc1cc(-c2nc(Cn3ccnc3)co2)cc(OC)c1OC. The lowest BCUT2D eigenvalue weighted by Crippen LogP contribution is -1.97. The van der Waals surface area contributed by atoms with Crippen LogP contribution >= 0.6 is 0 Å². The molecule has 7 heteroatoms. The molecule has 0 saturated carbocycles. The van der Waals surface area contributed by atoms with Gasteiger partial charge in [0, 0.05) is 18.0 Å². The molecule has 0 atom stereocenters. The second-order valence-corrected chi connectivity index (χ2v) is 4.79. The van der Waals surface area contributed by atoms with E-state index in [1.807, 2.05) is 10.8 Å². The van der Waals surface area contributed by atoms with Crippen molar-refractivity contribution in [3.05, 3.63) is 42.8 Å². The van der Waals surface area contributed by atoms with Gasteiger partial charge in [0.25, 0.3) is 0 Å². The lowest BCUT2D eigenvalue weighted by Gasteiger charge is -2.12. The fraction of sp³-hybridized carbons (Fsp3) is 0.250. The van der Waals surface area contributed by atoms with Gasteiger partial charge in [-0.3, -0.25) is 0 Å². The number of rotatable bonds is 6. The zero-order valence-corrected chi connectivity index (χ0v) is 13.1. The monoisotopic (exact) mass is 315 g/mol. The highest BCUT2D eigenvalue weighted by Crippen LogP contribution is 2.40. The quantitative estimate of drug-likeness (QED) is 0.696. The van der Waals surface area contributed by atoms with Gasteiger partial charge < -0.3 is 23.2 Å². The van der Waals surface area contributed by atoms with Gasteiger partial charge in [-0.25, -0.2) is 9.97 Å². The van der Waals surface area contributed by atoms with Crippen LogP contribution in [0.2, 0.25) is 0 Å². The Morgan fingerprint density at radius 3 is 2.39 bits per heavy atom. The predicted octanol–water partition coefficient (Wildman–Crippen LogP) is 2.61. The van der Waals surface area contributed by atoms with E-state index in [0.29, 0.717) is 29.7 Å². The topological polar surface area (TPSA) is 71.5 Å². The first-order chi connectivity index (χ1) is 11.2. The molecule has 0 aliphatic carbocycles. The van der Waals surface area contributed by atoms with Gasteiger partial charge in [-0.05, 0) is 12.1 Å². The first-order valence-corrected chi connectivity index (χ1v) is 6.95. The van der Waals surface area contributed by atoms with E-state index in [2.05, 4.69) is 9.97 Å². The fourth-order valence-electron chi connectivity index (χ4n) is 2.28. The highest BCUT2D eigenvalue weighted by atomic mass is 16.5. The molecule has 3 rings (SSSR count). The Morgan fingerprint density at radius 2 is 1.83 bits per heavy atom. The average Bonchev–Trinajstić information content (AvgIpc) is 3.25. The van der Waals surface area contributed by atoms with Crippen molar-refractivity contribution in [3.63, 3.8) is 0 Å². The van der Waals surface area contributed by atoms with Crippen LogP contribution in [0.5, 0.6) is 17.2 Å². The number of hydrogen-bond donors (Lipinski definition) is 0. The molecule has 0 amide bonds. The average molecular weight is 315 g/mol. The molecule has 0 radical (unpaired) electrons. The molecule has 0 aliphatic rings. The Bertz CT molecular complexity index is 755. The van der Waals surface area contributed by atoms with Crippen molar-refractivity contribution in [2.45, 2.75) is 6.54 Å². The molecule has 23 heavy (non-hydrogen) atoms. The summed E-state index contributed by atoms with van der Waals surface area (Å²) >= 11 is 0. The molecule has 2 heterocycles. The molecule has 0 fully saturated rings. The van der Waals surface area contributed by atoms with E-state index in [9.17, 15) is 0 Å². The Morgan fingerprint density at radius 1 is 1.09 bits per heavy atom. The highest BCUT2D eigenvalue weighted by molar-refractivity contribution is 5.65. The van der Waals surface area contributed by atoms with Gasteiger partial charge in [0.05, 0.1) is 39.9 Å². The minimum absolute atomic E-state index is 0.486. The number of hydrogen-bond acceptors (Lipinski definition) is 6. The fourth-order valence-corrected chi connectivity index (χ4v) is 2.28. The summed E-state index contributed by atoms with van der Waals surface area (Å²) in [6, 6.07) is 3.60. The third-order valence-electron chi connectivity index (χ3n) is 3.37. The summed E-state index contributed by atoms with van der Waals surface area (Å²) in [5, 5.41) is 0. The summed E-state index contributed by atoms with van der Waals surface area (Å²) in [6.07, 6.45) is 6.94. The number of imidazole rings is 1. The second-order valence-electron chi connectivity index (χ2n) is 4.79. The van der Waals surface area contributed by atoms with E-state index in [0.717, 1.165) is 11.3 Å². The number of nitrogens with zero attached hydrogens (tertiary/aromatic N) is 3. The molecule has 0 unspecified atom stereocenters. The Hall–Kier alpha value is -2.96. The van der Waals surface area contributed by atoms with Crippen molar-refractivity contribution in [1.29, 1.82) is 0 Å². The highest BCUT2D eigenvalue weighted by Gasteiger charge is 2.16. The molecule has 0 saturated heterocycles. The van der Waals surface area contributed by atoms with Crippen LogP contribution in [0, 0.1) is 0 Å². The molecular formula is C16H17N3O4. The lowest BCUT2D eigenvalue weighted by molar-refractivity contribution is 0.324. The molecule has 0 bridgehead atoms. The van der Waals surface area contributed by atoms with E-state index >= 15 is 0 Å². The summed E-state index contributed by atoms with van der Waals surface area (Å²) in [4.78, 5) is 8.50. The van der Waals surface area contributed by atoms with Crippen LogP contribution in [0.4, 0.5) is 0 Å². The molecule has 3 aromatic rings. The van der Waals surface area contributed by atoms with Crippen LogP contribution in [0.3, 0.4) is 0 Å². The molecule has 0 aliphatic heterocycles. The van der Waals surface area contributed by atoms with Gasteiger partial charge in [0.2, 0.25) is 11.6 Å². The Labute approximate surface area is 133 Å². The van der Waals surface area contributed by atoms with Gasteiger partial charge in [-0.2, -0.15) is 0 Å². The maximum Gasteiger partial charge on any atom is 0.226 e. The van der Waals surface area contributed by atoms with Crippen molar-refractivity contribution >= 4 is 0 Å². The maximum absolute atomic E-state index is 5.58. The molecule has 120 valence electrons. The number of ether oxygens (including phenoxy) is 3. The van der Waals surface area contributed by atoms with E-state index in [-0.39, 0.29) is 0 Å². The van der Waals surface area contributed by atoms with Crippen molar-refractivity contribution in [1.82, 2.24) is 14.5 Å². The van der Waals surface area contributed by atoms with Gasteiger partial charge in [-0.1, -0.05) is 0 Å². The largest absolute Gasteiger partial charge is 0.493 e. The molecule has 0 spiro atoms. The summed E-state index contributed by atoms with van der Waals surface area (Å²) in [6.45, 7) is 0.591. The first kappa shape index (κ1) is 15.0. The molecular weight excluding hydrogens is 298 g/mol. The zero-order chi connectivity index (χ0) is 16.2. The minimum Gasteiger partial charge on any atom is -0.493 e. The van der Waals surface area contributed by atoms with Crippen molar-refractivity contribution in [3.8, 4) is 28.7 Å². The number of oxazole rings is 1.